The van der Waals surface area contributed by atoms with Crippen molar-refractivity contribution < 1.29 is 56.9 Å². The molecule has 2 aromatic carbocycles. The van der Waals surface area contributed by atoms with Gasteiger partial charge >= 0.3 is 0 Å². The molecule has 12 N–H and O–H groups in total. The minimum absolute atomic E-state index is 0. The molecule has 0 aliphatic heterocycles. The van der Waals surface area contributed by atoms with Gasteiger partial charge in [0.2, 0.25) is 0 Å². The van der Waals surface area contributed by atoms with Crippen LogP contribution in [0.25, 0.3) is 0 Å². The number of quaternary nitrogens is 2. The highest BCUT2D eigenvalue weighted by Crippen LogP contribution is 2.37. The Labute approximate surface area is 200 Å². The van der Waals surface area contributed by atoms with E-state index >= 15 is 0 Å². The Balaban J connectivity index is -0.000000538. The molecule has 2 aromatic rings. The number of nitrogens with two attached hydrogens (primary N) is 2. The zero-order valence-corrected chi connectivity index (χ0v) is 17.8. The molecule has 0 aliphatic rings. The maximum Gasteiger partial charge on any atom is 0.283 e. The maximum atomic E-state index is 11.1. The Kier molecular flexibility index (Phi) is 15.5. The molecule has 37 heavy (non-hydrogen) atoms. The van der Waals surface area contributed by atoms with Crippen molar-refractivity contribution in [3.8, 4) is 11.5 Å². The van der Waals surface area contributed by atoms with Crippen molar-refractivity contribution in [2.75, 3.05) is 0 Å². The van der Waals surface area contributed by atoms with Crippen molar-refractivity contribution in [2.24, 2.45) is 11.7 Å². The van der Waals surface area contributed by atoms with Crippen LogP contribution in [0, 0.1) is 60.7 Å². The standard InChI is InChI=1S/2C6H3N3O7.2H4N2.H2O/c2*10-6-4(8(13)14)1-3(7(11)12)2-5(6)9(15)16;2*1-2;/h2*1-2,10H;2*1-2H2;1H2. The fraction of sp³-hybridized carbons (Fsp3) is 0. The average molecular weight is 540 g/mol. The number of nitrogens with zero attached hydrogens (tertiary/aromatic N) is 6. The molecule has 0 atom stereocenters. The zero-order chi connectivity index (χ0) is 28.9. The Morgan fingerprint density at radius 1 is 0.459 bits per heavy atom. The summed E-state index contributed by atoms with van der Waals surface area (Å²) in [4.78, 5) is 55.0. The largest absolute Gasteiger partial charge is 0.863 e. The molecule has 0 spiro atoms. The van der Waals surface area contributed by atoms with Crippen LogP contribution in [0.15, 0.2) is 24.3 Å². The smallest absolute Gasteiger partial charge is 0.283 e. The van der Waals surface area contributed by atoms with Crippen LogP contribution < -0.4 is 33.6 Å². The molecule has 25 nitrogen and oxygen atoms in total. The fourth-order valence-corrected chi connectivity index (χ4v) is 1.92. The Hall–Kier alpha value is -5.76. The normalized spacial score (nSPS) is 8.76. The predicted molar refractivity (Wildman–Crippen MR) is 109 cm³/mol. The summed E-state index contributed by atoms with van der Waals surface area (Å²) in [5.41, 5.74) is -6.53. The van der Waals surface area contributed by atoms with Gasteiger partial charge < -0.3 is 15.7 Å². The van der Waals surface area contributed by atoms with E-state index < -0.39 is 75.2 Å². The second-order valence-corrected chi connectivity index (χ2v) is 5.17. The van der Waals surface area contributed by atoms with Gasteiger partial charge in [0.25, 0.3) is 34.1 Å². The van der Waals surface area contributed by atoms with Gasteiger partial charge in [-0.2, -0.15) is 11.7 Å². The number of rotatable bonds is 6. The van der Waals surface area contributed by atoms with Crippen molar-refractivity contribution in [1.29, 1.82) is 0 Å². The molecular weight excluding hydrogens is 524 g/mol. The van der Waals surface area contributed by atoms with Crippen LogP contribution in [0.1, 0.15) is 0 Å². The third kappa shape index (κ3) is 9.55. The van der Waals surface area contributed by atoms with Gasteiger partial charge in [0.1, 0.15) is 0 Å². The summed E-state index contributed by atoms with van der Waals surface area (Å²) in [5.74, 6) is 11.1. The maximum absolute atomic E-state index is 11.1. The second-order valence-electron chi connectivity index (χ2n) is 5.17. The molecule has 25 heteroatoms. The second kappa shape index (κ2) is 16.0. The monoisotopic (exact) mass is 540 g/mol. The van der Waals surface area contributed by atoms with Crippen molar-refractivity contribution in [3.63, 3.8) is 0 Å². The summed E-state index contributed by atoms with van der Waals surface area (Å²) in [7, 11) is 0. The van der Waals surface area contributed by atoms with E-state index in [1.807, 2.05) is 0 Å². The molecular formula is C12H16N10O15. The first-order chi connectivity index (χ1) is 16.7. The summed E-state index contributed by atoms with van der Waals surface area (Å²) in [6.45, 7) is 0. The van der Waals surface area contributed by atoms with Gasteiger partial charge in [-0.05, 0) is 0 Å². The quantitative estimate of drug-likeness (QED) is 0.156. The third-order valence-corrected chi connectivity index (χ3v) is 3.28. The van der Waals surface area contributed by atoms with E-state index in [0.29, 0.717) is 24.3 Å². The molecule has 0 saturated carbocycles. The number of benzene rings is 2. The van der Waals surface area contributed by atoms with Gasteiger partial charge in [-0.25, -0.2) is 0 Å². The Morgan fingerprint density at radius 3 is 0.730 bits per heavy atom. The Bertz CT molecular complexity index is 1030. The first kappa shape index (κ1) is 35.8. The van der Waals surface area contributed by atoms with Crippen molar-refractivity contribution in [3.05, 3.63) is 85.0 Å². The van der Waals surface area contributed by atoms with E-state index in [1.54, 1.807) is 0 Å². The molecule has 204 valence electrons. The van der Waals surface area contributed by atoms with Crippen molar-refractivity contribution in [2.45, 2.75) is 0 Å². The molecule has 0 amide bonds. The zero-order valence-electron chi connectivity index (χ0n) is 17.8. The van der Waals surface area contributed by atoms with E-state index in [2.05, 4.69) is 23.4 Å². The average Bonchev–Trinajstić information content (AvgIpc) is 2.81. The van der Waals surface area contributed by atoms with E-state index in [4.69, 9.17) is 0 Å². The SMILES string of the molecule is N[NH3+].N[NH3+].O.O=[N+]([O-])c1cc([N+](=O)[O-])c([O-])c([N+](=O)[O-])c1.O=[N+]([O-])c1cc([N+](=O)[O-])c([O-])c([N+](=O)[O-])c1. The summed E-state index contributed by atoms with van der Waals surface area (Å²) in [5, 5.41) is 84.2. The summed E-state index contributed by atoms with van der Waals surface area (Å²) in [6, 6.07) is 1.54. The fourth-order valence-electron chi connectivity index (χ4n) is 1.92. The molecule has 0 unspecified atom stereocenters. The molecule has 0 heterocycles. The van der Waals surface area contributed by atoms with E-state index in [9.17, 15) is 70.9 Å². The number of hydrogen-bond donors (Lipinski definition) is 4. The lowest BCUT2D eigenvalue weighted by Gasteiger charge is -2.06. The van der Waals surface area contributed by atoms with Crippen LogP contribution in [0.3, 0.4) is 0 Å². The molecule has 0 fully saturated rings. The minimum atomic E-state index is -1.46. The van der Waals surface area contributed by atoms with Crippen LogP contribution in [-0.4, -0.2) is 35.0 Å². The lowest BCUT2D eigenvalue weighted by molar-refractivity contribution is -0.420. The highest BCUT2D eigenvalue weighted by molar-refractivity contribution is 5.64. The first-order valence-electron chi connectivity index (χ1n) is 8.07. The Morgan fingerprint density at radius 2 is 0.622 bits per heavy atom. The lowest BCUT2D eigenvalue weighted by atomic mass is 10.2. The number of nitro groups is 6. The molecule has 0 radical (unpaired) electrons. The minimum Gasteiger partial charge on any atom is -0.863 e. The highest BCUT2D eigenvalue weighted by Gasteiger charge is 2.25. The van der Waals surface area contributed by atoms with Gasteiger partial charge in [0.15, 0.2) is 0 Å². The highest BCUT2D eigenvalue weighted by atomic mass is 16.7. The topological polar surface area (TPSA) is 444 Å². The molecule has 0 saturated heterocycles. The van der Waals surface area contributed by atoms with E-state index in [0.717, 1.165) is 0 Å². The summed E-state index contributed by atoms with van der Waals surface area (Å²) < 4.78 is 0. The summed E-state index contributed by atoms with van der Waals surface area (Å²) in [6.07, 6.45) is 0. The molecule has 2 rings (SSSR count). The number of non-ortho nitro benzene ring substituents is 2. The molecule has 0 bridgehead atoms. The van der Waals surface area contributed by atoms with Gasteiger partial charge in [0, 0.05) is 0 Å². The van der Waals surface area contributed by atoms with Crippen LogP contribution in [0.2, 0.25) is 0 Å². The molecule has 0 aromatic heterocycles. The number of nitro benzene ring substituents is 6. The predicted octanol–water partition coefficient (Wildman–Crippen LogP) is -3.65. The first-order valence-corrected chi connectivity index (χ1v) is 8.07. The van der Waals surface area contributed by atoms with Gasteiger partial charge in [-0.3, -0.25) is 72.4 Å². The van der Waals surface area contributed by atoms with Gasteiger partial charge in [-0.1, -0.05) is 0 Å². The summed E-state index contributed by atoms with van der Waals surface area (Å²) >= 11 is 0. The van der Waals surface area contributed by atoms with Crippen LogP contribution in [0.5, 0.6) is 11.5 Å². The van der Waals surface area contributed by atoms with Crippen LogP contribution in [0.4, 0.5) is 34.1 Å². The van der Waals surface area contributed by atoms with Crippen molar-refractivity contribution in [1.82, 2.24) is 0 Å². The lowest BCUT2D eigenvalue weighted by Crippen LogP contribution is -2.59. The van der Waals surface area contributed by atoms with Crippen LogP contribution >= 0.6 is 0 Å². The third-order valence-electron chi connectivity index (χ3n) is 3.28. The van der Waals surface area contributed by atoms with Gasteiger partial charge in [-0.15, -0.1) is 0 Å². The molecule has 0 aliphatic carbocycles. The van der Waals surface area contributed by atoms with Crippen molar-refractivity contribution >= 4 is 34.1 Å². The van der Waals surface area contributed by atoms with E-state index in [1.165, 1.54) is 0 Å². The van der Waals surface area contributed by atoms with Crippen LogP contribution in [-0.2, 0) is 0 Å². The van der Waals surface area contributed by atoms with E-state index in [-0.39, 0.29) is 5.48 Å². The number of hydrogen-bond acceptors (Lipinski definition) is 16. The van der Waals surface area contributed by atoms with Gasteiger partial charge in [0.05, 0.1) is 65.3 Å².